The molecule has 0 aliphatic carbocycles. The molecule has 2 heterocycles. The lowest BCUT2D eigenvalue weighted by Crippen LogP contribution is -2.37. The van der Waals surface area contributed by atoms with E-state index in [2.05, 4.69) is 4.98 Å². The van der Waals surface area contributed by atoms with Crippen LogP contribution >= 0.6 is 0 Å². The molecule has 0 spiro atoms. The van der Waals surface area contributed by atoms with Crippen molar-refractivity contribution in [3.8, 4) is 0 Å². The lowest BCUT2D eigenvalue weighted by atomic mass is 9.78. The normalized spacial score (nSPS) is 26.9. The van der Waals surface area contributed by atoms with Crippen LogP contribution in [0.25, 0.3) is 0 Å². The number of nitrogens with two attached hydrogens (primary N) is 1. The number of pyridine rings is 1. The largest absolute Gasteiger partial charge is 0.388 e. The number of hydrogen-bond acceptors (Lipinski definition) is 4. The van der Waals surface area contributed by atoms with Gasteiger partial charge in [0.1, 0.15) is 0 Å². The van der Waals surface area contributed by atoms with Crippen molar-refractivity contribution in [2.75, 3.05) is 19.8 Å². The Balaban J connectivity index is 2.30. The van der Waals surface area contributed by atoms with E-state index in [1.807, 2.05) is 13.0 Å². The van der Waals surface area contributed by atoms with Crippen LogP contribution in [0.15, 0.2) is 18.5 Å². The van der Waals surface area contributed by atoms with Gasteiger partial charge in [0.2, 0.25) is 0 Å². The molecule has 3 N–H and O–H groups in total. The molecule has 1 saturated heterocycles. The average molecular weight is 222 g/mol. The van der Waals surface area contributed by atoms with Gasteiger partial charge in [0.15, 0.2) is 0 Å². The van der Waals surface area contributed by atoms with Crippen molar-refractivity contribution in [1.82, 2.24) is 4.98 Å². The highest BCUT2D eigenvalue weighted by molar-refractivity contribution is 5.26. The van der Waals surface area contributed by atoms with Gasteiger partial charge in [-0.1, -0.05) is 0 Å². The van der Waals surface area contributed by atoms with Crippen molar-refractivity contribution in [3.63, 3.8) is 0 Å². The minimum atomic E-state index is -0.589. The summed E-state index contributed by atoms with van der Waals surface area (Å²) >= 11 is 0. The van der Waals surface area contributed by atoms with Crippen molar-refractivity contribution in [1.29, 1.82) is 0 Å². The number of ether oxygens (including phenoxy) is 1. The maximum atomic E-state index is 10.5. The summed E-state index contributed by atoms with van der Waals surface area (Å²) in [5.41, 5.74) is 7.36. The number of rotatable bonds is 3. The van der Waals surface area contributed by atoms with Gasteiger partial charge in [-0.15, -0.1) is 0 Å². The van der Waals surface area contributed by atoms with Crippen molar-refractivity contribution in [2.24, 2.45) is 11.1 Å². The molecule has 1 aliphatic heterocycles. The third-order valence-electron chi connectivity index (χ3n) is 3.49. The molecule has 0 saturated carbocycles. The average Bonchev–Trinajstić information content (AvgIpc) is 2.78. The first-order chi connectivity index (χ1) is 7.69. The minimum Gasteiger partial charge on any atom is -0.388 e. The Labute approximate surface area is 95.4 Å². The molecule has 4 heteroatoms. The Kier molecular flexibility index (Phi) is 3.23. The van der Waals surface area contributed by atoms with E-state index >= 15 is 0 Å². The SMILES string of the molecule is Cc1ccncc1C(O)C1(CN)CCOC1. The number of aliphatic hydroxyl groups is 1. The molecule has 2 atom stereocenters. The van der Waals surface area contributed by atoms with Crippen molar-refractivity contribution in [2.45, 2.75) is 19.4 Å². The monoisotopic (exact) mass is 222 g/mol. The van der Waals surface area contributed by atoms with E-state index in [1.165, 1.54) is 0 Å². The smallest absolute Gasteiger partial charge is 0.0898 e. The molecule has 0 amide bonds. The van der Waals surface area contributed by atoms with E-state index in [1.54, 1.807) is 12.4 Å². The van der Waals surface area contributed by atoms with Crippen molar-refractivity contribution in [3.05, 3.63) is 29.6 Å². The Morgan fingerprint density at radius 3 is 3.06 bits per heavy atom. The topological polar surface area (TPSA) is 68.4 Å². The highest BCUT2D eigenvalue weighted by Gasteiger charge is 2.41. The fourth-order valence-corrected chi connectivity index (χ4v) is 2.20. The van der Waals surface area contributed by atoms with Crippen LogP contribution in [0.1, 0.15) is 23.7 Å². The molecule has 1 aromatic rings. The second-order valence-corrected chi connectivity index (χ2v) is 4.50. The Hall–Kier alpha value is -0.970. The molecular formula is C12H18N2O2. The van der Waals surface area contributed by atoms with Gasteiger partial charge in [-0.05, 0) is 25.0 Å². The summed E-state index contributed by atoms with van der Waals surface area (Å²) in [6, 6.07) is 1.90. The Bertz CT molecular complexity index is 362. The standard InChI is InChI=1S/C12H18N2O2/c1-9-2-4-14-6-10(9)11(15)12(7-13)3-5-16-8-12/h2,4,6,11,15H,3,5,7-8,13H2,1H3. The first-order valence-electron chi connectivity index (χ1n) is 5.56. The fourth-order valence-electron chi connectivity index (χ4n) is 2.20. The summed E-state index contributed by atoms with van der Waals surface area (Å²) in [5.74, 6) is 0. The summed E-state index contributed by atoms with van der Waals surface area (Å²) < 4.78 is 5.37. The van der Waals surface area contributed by atoms with Crippen LogP contribution in [0.5, 0.6) is 0 Å². The minimum absolute atomic E-state index is 0.339. The summed E-state index contributed by atoms with van der Waals surface area (Å²) in [6.07, 6.45) is 3.66. The third kappa shape index (κ3) is 1.84. The number of aryl methyl sites for hydroxylation is 1. The molecule has 2 rings (SSSR count). The zero-order valence-electron chi connectivity index (χ0n) is 9.52. The van der Waals surface area contributed by atoms with Gasteiger partial charge in [0.25, 0.3) is 0 Å². The first-order valence-corrected chi connectivity index (χ1v) is 5.56. The lowest BCUT2D eigenvalue weighted by Gasteiger charge is -2.32. The number of aliphatic hydroxyl groups excluding tert-OH is 1. The molecule has 4 nitrogen and oxygen atoms in total. The van der Waals surface area contributed by atoms with Gasteiger partial charge in [-0.2, -0.15) is 0 Å². The maximum absolute atomic E-state index is 10.5. The second-order valence-electron chi connectivity index (χ2n) is 4.50. The Morgan fingerprint density at radius 2 is 2.50 bits per heavy atom. The van der Waals surface area contributed by atoms with Crippen LogP contribution in [0.4, 0.5) is 0 Å². The van der Waals surface area contributed by atoms with E-state index < -0.39 is 6.10 Å². The lowest BCUT2D eigenvalue weighted by molar-refractivity contribution is 0.0184. The van der Waals surface area contributed by atoms with E-state index in [0.717, 1.165) is 17.5 Å². The highest BCUT2D eigenvalue weighted by Crippen LogP contribution is 2.40. The molecule has 1 aromatic heterocycles. The van der Waals surface area contributed by atoms with Crippen LogP contribution in [0.3, 0.4) is 0 Å². The predicted molar refractivity (Wildman–Crippen MR) is 60.9 cm³/mol. The molecule has 0 aromatic carbocycles. The number of aromatic nitrogens is 1. The molecular weight excluding hydrogens is 204 g/mol. The van der Waals surface area contributed by atoms with E-state index in [-0.39, 0.29) is 5.41 Å². The zero-order valence-corrected chi connectivity index (χ0v) is 9.52. The van der Waals surface area contributed by atoms with E-state index in [4.69, 9.17) is 10.5 Å². The highest BCUT2D eigenvalue weighted by atomic mass is 16.5. The van der Waals surface area contributed by atoms with Gasteiger partial charge in [-0.25, -0.2) is 0 Å². The molecule has 2 unspecified atom stereocenters. The molecule has 88 valence electrons. The molecule has 1 fully saturated rings. The van der Waals surface area contributed by atoms with Crippen molar-refractivity contribution >= 4 is 0 Å². The summed E-state index contributed by atoms with van der Waals surface area (Å²) in [4.78, 5) is 4.06. The Morgan fingerprint density at radius 1 is 1.69 bits per heavy atom. The van der Waals surface area contributed by atoms with E-state index in [0.29, 0.717) is 19.8 Å². The van der Waals surface area contributed by atoms with Crippen LogP contribution in [-0.2, 0) is 4.74 Å². The predicted octanol–water partition coefficient (Wildman–Crippen LogP) is 0.789. The third-order valence-corrected chi connectivity index (χ3v) is 3.49. The second kappa shape index (κ2) is 4.49. The first kappa shape index (κ1) is 11.5. The quantitative estimate of drug-likeness (QED) is 0.793. The van der Waals surface area contributed by atoms with Gasteiger partial charge in [0, 0.05) is 36.5 Å². The van der Waals surface area contributed by atoms with Crippen molar-refractivity contribution < 1.29 is 9.84 Å². The van der Waals surface area contributed by atoms with Gasteiger partial charge < -0.3 is 15.6 Å². The van der Waals surface area contributed by atoms with Crippen LogP contribution in [-0.4, -0.2) is 29.8 Å². The molecule has 1 aliphatic rings. The van der Waals surface area contributed by atoms with Gasteiger partial charge in [-0.3, -0.25) is 4.98 Å². The van der Waals surface area contributed by atoms with Gasteiger partial charge >= 0.3 is 0 Å². The summed E-state index contributed by atoms with van der Waals surface area (Å²) in [7, 11) is 0. The zero-order chi connectivity index (χ0) is 11.6. The van der Waals surface area contributed by atoms with Crippen LogP contribution in [0, 0.1) is 12.3 Å². The molecule has 0 radical (unpaired) electrons. The fraction of sp³-hybridized carbons (Fsp3) is 0.583. The summed E-state index contributed by atoms with van der Waals surface area (Å²) in [6.45, 7) is 3.61. The number of hydrogen-bond donors (Lipinski definition) is 2. The number of nitrogens with zero attached hydrogens (tertiary/aromatic N) is 1. The van der Waals surface area contributed by atoms with Gasteiger partial charge in [0.05, 0.1) is 12.7 Å². The van der Waals surface area contributed by atoms with Crippen LogP contribution in [0.2, 0.25) is 0 Å². The molecule has 16 heavy (non-hydrogen) atoms. The van der Waals surface area contributed by atoms with Crippen LogP contribution < -0.4 is 5.73 Å². The maximum Gasteiger partial charge on any atom is 0.0898 e. The van der Waals surface area contributed by atoms with E-state index in [9.17, 15) is 5.11 Å². The molecule has 0 bridgehead atoms. The summed E-state index contributed by atoms with van der Waals surface area (Å²) in [5, 5.41) is 10.5.